The van der Waals surface area contributed by atoms with Crippen molar-refractivity contribution >= 4 is 55.8 Å². The van der Waals surface area contributed by atoms with Crippen LogP contribution in [0.15, 0.2) is 206 Å². The molecule has 0 N–H and O–H groups in total. The molecule has 0 saturated carbocycles. The number of aromatic nitrogens is 1. The maximum atomic E-state index is 14.4. The molecule has 0 radical (unpaired) electrons. The summed E-state index contributed by atoms with van der Waals surface area (Å²) in [5, 5.41) is 4.85. The van der Waals surface area contributed by atoms with Crippen molar-refractivity contribution in [2.45, 2.75) is 38.5 Å². The second-order valence-corrected chi connectivity index (χ2v) is 18.6. The summed E-state index contributed by atoms with van der Waals surface area (Å²) >= 11 is 0. The van der Waals surface area contributed by atoms with Crippen molar-refractivity contribution in [3.63, 3.8) is 0 Å². The zero-order chi connectivity index (χ0) is 44.0. The highest BCUT2D eigenvalue weighted by molar-refractivity contribution is 6.09. The van der Waals surface area contributed by atoms with E-state index in [1.165, 1.54) is 78.2 Å². The van der Waals surface area contributed by atoms with E-state index >= 15 is 0 Å². The molecule has 312 valence electrons. The van der Waals surface area contributed by atoms with E-state index in [9.17, 15) is 4.39 Å². The van der Waals surface area contributed by atoms with Crippen molar-refractivity contribution in [1.82, 2.24) is 4.98 Å². The molecule has 65 heavy (non-hydrogen) atoms. The first kappa shape index (κ1) is 38.8. The summed E-state index contributed by atoms with van der Waals surface area (Å²) in [5.41, 5.74) is 17.2. The number of para-hydroxylation sites is 1. The molecule has 0 spiro atoms. The van der Waals surface area contributed by atoms with Gasteiger partial charge in [-0.3, -0.25) is 4.90 Å². The molecular formula is C61H46FN3. The van der Waals surface area contributed by atoms with E-state index in [-0.39, 0.29) is 16.6 Å². The van der Waals surface area contributed by atoms with Crippen LogP contribution in [0.2, 0.25) is 0 Å². The van der Waals surface area contributed by atoms with Gasteiger partial charge in [0.25, 0.3) is 0 Å². The molecule has 0 fully saturated rings. The predicted molar refractivity (Wildman–Crippen MR) is 269 cm³/mol. The smallest absolute Gasteiger partial charge is 0.137 e. The van der Waals surface area contributed by atoms with Gasteiger partial charge in [0.1, 0.15) is 11.6 Å². The Kier molecular flexibility index (Phi) is 8.73. The number of rotatable bonds is 7. The molecule has 2 aliphatic carbocycles. The minimum Gasteiger partial charge on any atom is -0.310 e. The van der Waals surface area contributed by atoms with Gasteiger partial charge in [-0.1, -0.05) is 137 Å². The van der Waals surface area contributed by atoms with E-state index in [1.54, 1.807) is 0 Å². The van der Waals surface area contributed by atoms with Crippen LogP contribution in [0.5, 0.6) is 0 Å². The van der Waals surface area contributed by atoms with E-state index in [1.807, 2.05) is 18.3 Å². The second-order valence-electron chi connectivity index (χ2n) is 18.6. The molecule has 0 aliphatic heterocycles. The van der Waals surface area contributed by atoms with Crippen LogP contribution in [0.4, 0.5) is 38.6 Å². The lowest BCUT2D eigenvalue weighted by molar-refractivity contribution is 0.628. The van der Waals surface area contributed by atoms with Crippen LogP contribution in [0.3, 0.4) is 0 Å². The van der Waals surface area contributed by atoms with Crippen LogP contribution >= 0.6 is 0 Å². The van der Waals surface area contributed by atoms with Gasteiger partial charge in [-0.2, -0.15) is 0 Å². The second kappa shape index (κ2) is 14.6. The number of halogens is 1. The number of hydrogen-bond donors (Lipinski definition) is 0. The summed E-state index contributed by atoms with van der Waals surface area (Å²) in [6, 6.07) is 70.5. The summed E-state index contributed by atoms with van der Waals surface area (Å²) in [4.78, 5) is 9.72. The molecular weight excluding hydrogens is 794 g/mol. The van der Waals surface area contributed by atoms with Gasteiger partial charge in [-0.15, -0.1) is 0 Å². The first-order valence-corrected chi connectivity index (χ1v) is 22.5. The van der Waals surface area contributed by atoms with E-state index in [2.05, 4.69) is 213 Å². The summed E-state index contributed by atoms with van der Waals surface area (Å²) in [7, 11) is 0. The lowest BCUT2D eigenvalue weighted by atomic mass is 9.80. The Bertz CT molecular complexity index is 3500. The molecule has 0 amide bonds. The number of benzene rings is 9. The van der Waals surface area contributed by atoms with Gasteiger partial charge >= 0.3 is 0 Å². The molecule has 2 aliphatic rings. The van der Waals surface area contributed by atoms with Gasteiger partial charge < -0.3 is 4.90 Å². The van der Waals surface area contributed by atoms with E-state index in [4.69, 9.17) is 4.98 Å². The van der Waals surface area contributed by atoms with E-state index in [0.29, 0.717) is 0 Å². The third-order valence-electron chi connectivity index (χ3n) is 14.1. The molecule has 3 nitrogen and oxygen atoms in total. The Morgan fingerprint density at radius 3 is 1.72 bits per heavy atom. The van der Waals surface area contributed by atoms with Gasteiger partial charge in [-0.05, 0) is 163 Å². The maximum Gasteiger partial charge on any atom is 0.137 e. The van der Waals surface area contributed by atoms with Crippen LogP contribution in [-0.4, -0.2) is 4.98 Å². The number of fused-ring (bicyclic) bond motifs is 9. The third-order valence-corrected chi connectivity index (χ3v) is 14.1. The molecule has 0 atom stereocenters. The van der Waals surface area contributed by atoms with Crippen LogP contribution in [-0.2, 0) is 10.8 Å². The topological polar surface area (TPSA) is 19.4 Å². The minimum absolute atomic E-state index is 0.171. The van der Waals surface area contributed by atoms with E-state index < -0.39 is 0 Å². The fourth-order valence-electron chi connectivity index (χ4n) is 10.8. The molecule has 1 heterocycles. The predicted octanol–water partition coefficient (Wildman–Crippen LogP) is 16.7. The highest BCUT2D eigenvalue weighted by Gasteiger charge is 2.39. The fourth-order valence-corrected chi connectivity index (χ4v) is 10.8. The largest absolute Gasteiger partial charge is 0.310 e. The highest BCUT2D eigenvalue weighted by atomic mass is 19.1. The Morgan fingerprint density at radius 1 is 0.385 bits per heavy atom. The number of hydrogen-bond acceptors (Lipinski definition) is 3. The average molecular weight is 840 g/mol. The Hall–Kier alpha value is -7.82. The van der Waals surface area contributed by atoms with Crippen molar-refractivity contribution < 1.29 is 4.39 Å². The van der Waals surface area contributed by atoms with Crippen LogP contribution in [0.25, 0.3) is 54.9 Å². The monoisotopic (exact) mass is 839 g/mol. The van der Waals surface area contributed by atoms with Crippen molar-refractivity contribution in [3.05, 3.63) is 234 Å². The summed E-state index contributed by atoms with van der Waals surface area (Å²) in [6.45, 7) is 9.31. The maximum absolute atomic E-state index is 14.4. The summed E-state index contributed by atoms with van der Waals surface area (Å²) < 4.78 is 14.4. The molecule has 0 bridgehead atoms. The van der Waals surface area contributed by atoms with Gasteiger partial charge in [0.15, 0.2) is 0 Å². The SMILES string of the molecule is CC1(C)c2ccccc2-c2ccc(N(c3ccc(F)cc3)c3ccc(-c4cc5c(c6ccccc46)-c4ccc(N(c6ccccc6)c6ccc7ccccc7c6)cc4C5(C)C)cn3)cc21. The number of nitrogens with zero attached hydrogens (tertiary/aromatic N) is 3. The third kappa shape index (κ3) is 6.12. The first-order chi connectivity index (χ1) is 31.6. The highest BCUT2D eigenvalue weighted by Crippen LogP contribution is 2.55. The van der Waals surface area contributed by atoms with Crippen molar-refractivity contribution in [2.24, 2.45) is 0 Å². The van der Waals surface area contributed by atoms with Crippen molar-refractivity contribution in [2.75, 3.05) is 9.80 Å². The average Bonchev–Trinajstić information content (AvgIpc) is 3.71. The standard InChI is InChI=1S/C61H46FN3/c1-60(2)54-21-13-12-19-49(54)50-31-29-47(36-55(50)60)65(44-27-24-42(62)25-28-44)58-33-23-41(38-63-58)53-37-57-59(51-20-11-10-18-48(51)53)52-32-30-46(35-56(52)61(57,3)4)64(43-16-6-5-7-17-43)45-26-22-39-14-8-9-15-40(39)34-45/h5-38H,1-4H3. The Morgan fingerprint density at radius 2 is 0.954 bits per heavy atom. The molecule has 10 aromatic rings. The lowest BCUT2D eigenvalue weighted by Gasteiger charge is -2.28. The normalized spacial score (nSPS) is 13.9. The fraction of sp³-hybridized carbons (Fsp3) is 0.0984. The number of anilines is 6. The van der Waals surface area contributed by atoms with Gasteiger partial charge in [0.05, 0.1) is 0 Å². The Balaban J connectivity index is 0.952. The van der Waals surface area contributed by atoms with Crippen LogP contribution in [0.1, 0.15) is 49.9 Å². The van der Waals surface area contributed by atoms with Crippen LogP contribution in [0, 0.1) is 5.82 Å². The Labute approximate surface area is 379 Å². The molecule has 1 aromatic heterocycles. The van der Waals surface area contributed by atoms with Gasteiger partial charge in [0, 0.05) is 51.0 Å². The molecule has 4 heteroatoms. The molecule has 12 rings (SSSR count). The van der Waals surface area contributed by atoms with E-state index in [0.717, 1.165) is 45.4 Å². The minimum atomic E-state index is -0.293. The van der Waals surface area contributed by atoms with Crippen molar-refractivity contribution in [1.29, 1.82) is 0 Å². The zero-order valence-electron chi connectivity index (χ0n) is 36.8. The van der Waals surface area contributed by atoms with Crippen LogP contribution < -0.4 is 9.80 Å². The van der Waals surface area contributed by atoms with Gasteiger partial charge in [0.2, 0.25) is 0 Å². The molecule has 0 unspecified atom stereocenters. The lowest BCUT2D eigenvalue weighted by Crippen LogP contribution is -2.17. The summed E-state index contributed by atoms with van der Waals surface area (Å²) in [5.74, 6) is 0.486. The molecule has 0 saturated heterocycles. The van der Waals surface area contributed by atoms with Gasteiger partial charge in [-0.25, -0.2) is 9.37 Å². The van der Waals surface area contributed by atoms with Crippen molar-refractivity contribution in [3.8, 4) is 33.4 Å². The molecule has 9 aromatic carbocycles. The quantitative estimate of drug-likeness (QED) is 0.159. The number of pyridine rings is 1. The first-order valence-electron chi connectivity index (χ1n) is 22.5. The summed E-state index contributed by atoms with van der Waals surface area (Å²) in [6.07, 6.45) is 2.00. The zero-order valence-corrected chi connectivity index (χ0v) is 36.8.